The average Bonchev–Trinajstić information content (AvgIpc) is 2.81. The van der Waals surface area contributed by atoms with Crippen molar-refractivity contribution in [3.8, 4) is 0 Å². The Bertz CT molecular complexity index is 308. The van der Waals surface area contributed by atoms with E-state index in [1.807, 2.05) is 0 Å². The molecule has 2 rings (SSSR count). The van der Waals surface area contributed by atoms with E-state index < -0.39 is 5.91 Å². The first-order chi connectivity index (χ1) is 7.58. The summed E-state index contributed by atoms with van der Waals surface area (Å²) < 4.78 is 0. The van der Waals surface area contributed by atoms with Crippen LogP contribution in [0.4, 0.5) is 0 Å². The van der Waals surface area contributed by atoms with Crippen molar-refractivity contribution >= 4 is 11.8 Å². The second-order valence-electron chi connectivity index (χ2n) is 5.24. The first-order valence-electron chi connectivity index (χ1n) is 6.14. The van der Waals surface area contributed by atoms with Gasteiger partial charge >= 0.3 is 0 Å². The van der Waals surface area contributed by atoms with Gasteiger partial charge in [0.2, 0.25) is 11.8 Å². The Labute approximate surface area is 96.0 Å². The van der Waals surface area contributed by atoms with Crippen LogP contribution < -0.4 is 11.1 Å². The van der Waals surface area contributed by atoms with Gasteiger partial charge in [-0.05, 0) is 24.2 Å². The summed E-state index contributed by atoms with van der Waals surface area (Å²) in [6, 6.07) is 0. The molecule has 0 aliphatic heterocycles. The molecule has 0 aromatic heterocycles. The SMILES string of the molecule is CC1C(C(=O)NCC(N)=O)C12CCCCC2. The molecular weight excluding hydrogens is 204 g/mol. The molecule has 2 saturated carbocycles. The molecule has 2 unspecified atom stereocenters. The highest BCUT2D eigenvalue weighted by Gasteiger charge is 2.64. The Morgan fingerprint density at radius 3 is 2.50 bits per heavy atom. The normalized spacial score (nSPS) is 31.1. The summed E-state index contributed by atoms with van der Waals surface area (Å²) in [6.45, 7) is 2.12. The van der Waals surface area contributed by atoms with Crippen molar-refractivity contribution in [3.05, 3.63) is 0 Å². The van der Waals surface area contributed by atoms with Gasteiger partial charge in [-0.25, -0.2) is 0 Å². The van der Waals surface area contributed by atoms with Gasteiger partial charge in [-0.2, -0.15) is 0 Å². The summed E-state index contributed by atoms with van der Waals surface area (Å²) in [5.41, 5.74) is 5.26. The fourth-order valence-electron chi connectivity index (χ4n) is 3.45. The van der Waals surface area contributed by atoms with Crippen molar-refractivity contribution in [2.45, 2.75) is 39.0 Å². The molecular formula is C12H20N2O2. The topological polar surface area (TPSA) is 72.2 Å². The first kappa shape index (κ1) is 11.4. The molecule has 2 fully saturated rings. The lowest BCUT2D eigenvalue weighted by Crippen LogP contribution is -2.35. The van der Waals surface area contributed by atoms with Gasteiger partial charge in [0.05, 0.1) is 6.54 Å². The van der Waals surface area contributed by atoms with Gasteiger partial charge in [-0.3, -0.25) is 9.59 Å². The second kappa shape index (κ2) is 4.07. The first-order valence-corrected chi connectivity index (χ1v) is 6.14. The maximum absolute atomic E-state index is 11.9. The van der Waals surface area contributed by atoms with Gasteiger partial charge < -0.3 is 11.1 Å². The van der Waals surface area contributed by atoms with Gasteiger partial charge in [-0.1, -0.05) is 26.2 Å². The van der Waals surface area contributed by atoms with Crippen LogP contribution in [0, 0.1) is 17.3 Å². The van der Waals surface area contributed by atoms with Gasteiger partial charge in [0.1, 0.15) is 0 Å². The smallest absolute Gasteiger partial charge is 0.236 e. The molecule has 1 spiro atoms. The molecule has 2 amide bonds. The standard InChI is InChI=1S/C12H20N2O2/c1-8-10(11(16)14-7-9(13)15)12(8)5-3-2-4-6-12/h8,10H,2-7H2,1H3,(H2,13,15)(H,14,16). The molecule has 0 aromatic rings. The van der Waals surface area contributed by atoms with E-state index in [-0.39, 0.29) is 23.8 Å². The van der Waals surface area contributed by atoms with Crippen molar-refractivity contribution in [3.63, 3.8) is 0 Å². The number of hydrogen-bond acceptors (Lipinski definition) is 2. The third-order valence-corrected chi connectivity index (χ3v) is 4.42. The Kier molecular flexibility index (Phi) is 2.91. The fourth-order valence-corrected chi connectivity index (χ4v) is 3.45. The number of rotatable bonds is 3. The molecule has 90 valence electrons. The molecule has 3 N–H and O–H groups in total. The highest BCUT2D eigenvalue weighted by atomic mass is 16.2. The summed E-state index contributed by atoms with van der Waals surface area (Å²) in [5.74, 6) is 0.139. The lowest BCUT2D eigenvalue weighted by Gasteiger charge is -2.22. The number of amides is 2. The predicted octanol–water partition coefficient (Wildman–Crippen LogP) is 0.804. The molecule has 0 bridgehead atoms. The van der Waals surface area contributed by atoms with Crippen molar-refractivity contribution in [1.82, 2.24) is 5.32 Å². The molecule has 0 radical (unpaired) electrons. The van der Waals surface area contributed by atoms with Crippen LogP contribution in [0.15, 0.2) is 0 Å². The molecule has 2 atom stereocenters. The van der Waals surface area contributed by atoms with E-state index >= 15 is 0 Å². The van der Waals surface area contributed by atoms with E-state index in [1.165, 1.54) is 32.1 Å². The Hall–Kier alpha value is -1.06. The van der Waals surface area contributed by atoms with Crippen molar-refractivity contribution in [1.29, 1.82) is 0 Å². The maximum Gasteiger partial charge on any atom is 0.236 e. The molecule has 4 nitrogen and oxygen atoms in total. The van der Waals surface area contributed by atoms with Crippen LogP contribution in [0.3, 0.4) is 0 Å². The van der Waals surface area contributed by atoms with Crippen LogP contribution in [0.25, 0.3) is 0 Å². The van der Waals surface area contributed by atoms with Gasteiger partial charge in [-0.15, -0.1) is 0 Å². The van der Waals surface area contributed by atoms with Gasteiger partial charge in [0.25, 0.3) is 0 Å². The third-order valence-electron chi connectivity index (χ3n) is 4.42. The monoisotopic (exact) mass is 224 g/mol. The van der Waals surface area contributed by atoms with E-state index in [1.54, 1.807) is 0 Å². The summed E-state index contributed by atoms with van der Waals surface area (Å²) in [5, 5.41) is 2.63. The molecule has 16 heavy (non-hydrogen) atoms. The van der Waals surface area contributed by atoms with E-state index in [2.05, 4.69) is 12.2 Å². The van der Waals surface area contributed by atoms with Crippen LogP contribution in [0.5, 0.6) is 0 Å². The number of carbonyl (C=O) groups excluding carboxylic acids is 2. The quantitative estimate of drug-likeness (QED) is 0.744. The number of carbonyl (C=O) groups is 2. The van der Waals surface area contributed by atoms with E-state index in [4.69, 9.17) is 5.73 Å². The minimum absolute atomic E-state index is 0.0215. The highest BCUT2D eigenvalue weighted by Crippen LogP contribution is 2.66. The fraction of sp³-hybridized carbons (Fsp3) is 0.833. The Balaban J connectivity index is 1.91. The zero-order valence-corrected chi connectivity index (χ0v) is 9.79. The summed E-state index contributed by atoms with van der Waals surface area (Å²) in [7, 11) is 0. The molecule has 2 aliphatic rings. The highest BCUT2D eigenvalue weighted by molar-refractivity contribution is 5.87. The van der Waals surface area contributed by atoms with Gasteiger partial charge in [0.15, 0.2) is 0 Å². The predicted molar refractivity (Wildman–Crippen MR) is 60.4 cm³/mol. The van der Waals surface area contributed by atoms with Gasteiger partial charge in [0, 0.05) is 5.92 Å². The molecule has 4 heteroatoms. The number of nitrogens with one attached hydrogen (secondary N) is 1. The Morgan fingerprint density at radius 2 is 1.94 bits per heavy atom. The van der Waals surface area contributed by atoms with Crippen molar-refractivity contribution in [2.75, 3.05) is 6.54 Å². The van der Waals surface area contributed by atoms with E-state index in [0.29, 0.717) is 5.92 Å². The van der Waals surface area contributed by atoms with Crippen LogP contribution in [0.2, 0.25) is 0 Å². The van der Waals surface area contributed by atoms with Crippen LogP contribution in [-0.4, -0.2) is 18.4 Å². The third kappa shape index (κ3) is 1.81. The molecule has 0 saturated heterocycles. The van der Waals surface area contributed by atoms with Crippen LogP contribution in [0.1, 0.15) is 39.0 Å². The minimum atomic E-state index is -0.473. The van der Waals surface area contributed by atoms with Crippen LogP contribution in [-0.2, 0) is 9.59 Å². The number of primary amides is 1. The van der Waals surface area contributed by atoms with Crippen molar-refractivity contribution < 1.29 is 9.59 Å². The summed E-state index contributed by atoms with van der Waals surface area (Å²) in [6.07, 6.45) is 6.11. The molecule has 2 aliphatic carbocycles. The summed E-state index contributed by atoms with van der Waals surface area (Å²) in [4.78, 5) is 22.5. The lowest BCUT2D eigenvalue weighted by atomic mass is 9.83. The minimum Gasteiger partial charge on any atom is -0.368 e. The zero-order chi connectivity index (χ0) is 11.8. The summed E-state index contributed by atoms with van der Waals surface area (Å²) >= 11 is 0. The van der Waals surface area contributed by atoms with Crippen LogP contribution >= 0.6 is 0 Å². The second-order valence-corrected chi connectivity index (χ2v) is 5.24. The van der Waals surface area contributed by atoms with E-state index in [0.717, 1.165) is 0 Å². The Morgan fingerprint density at radius 1 is 1.31 bits per heavy atom. The maximum atomic E-state index is 11.9. The van der Waals surface area contributed by atoms with E-state index in [9.17, 15) is 9.59 Å². The van der Waals surface area contributed by atoms with Crippen molar-refractivity contribution in [2.24, 2.45) is 23.0 Å². The lowest BCUT2D eigenvalue weighted by molar-refractivity contribution is -0.126. The largest absolute Gasteiger partial charge is 0.368 e. The zero-order valence-electron chi connectivity index (χ0n) is 9.79. The number of hydrogen-bond donors (Lipinski definition) is 2. The molecule has 0 aromatic carbocycles. The molecule has 0 heterocycles. The number of nitrogens with two attached hydrogens (primary N) is 1. The average molecular weight is 224 g/mol.